The molecule has 218 valence electrons. The Labute approximate surface area is 248 Å². The zero-order valence-electron chi connectivity index (χ0n) is 22.5. The molecular weight excluding hydrogens is 576 g/mol. The summed E-state index contributed by atoms with van der Waals surface area (Å²) < 4.78 is 40.5. The monoisotopic (exact) mass is 606 g/mol. The van der Waals surface area contributed by atoms with E-state index >= 15 is 0 Å². The standard InChI is InChI=1S/C31H30N2O7S2/c34-19-22-10-12-23(13-11-22)28-17-25(20-41-29-27(30(35)36)7-4-16-32-29)39-31(40-28)24-14-8-21(9-15-24)18-33-42(37,38)26-5-2-1-3-6-26/h1-16,25,28,31,33-34H,17-20H2,(H,35,36)/t25-,28+,31+/m1/s1. The summed E-state index contributed by atoms with van der Waals surface area (Å²) in [4.78, 5) is 16.1. The van der Waals surface area contributed by atoms with Crippen molar-refractivity contribution >= 4 is 27.8 Å². The molecule has 1 aromatic heterocycles. The van der Waals surface area contributed by atoms with Gasteiger partial charge in [0.1, 0.15) is 5.03 Å². The third-order valence-electron chi connectivity index (χ3n) is 6.79. The number of sulfonamides is 1. The van der Waals surface area contributed by atoms with Crippen molar-refractivity contribution in [1.82, 2.24) is 9.71 Å². The van der Waals surface area contributed by atoms with Crippen LogP contribution in [0.1, 0.15) is 51.4 Å². The number of carbonyl (C=O) groups is 1. The average Bonchev–Trinajstić information content (AvgIpc) is 3.03. The molecule has 0 unspecified atom stereocenters. The Morgan fingerprint density at radius 2 is 1.60 bits per heavy atom. The van der Waals surface area contributed by atoms with Crippen molar-refractivity contribution in [2.24, 2.45) is 0 Å². The fourth-order valence-electron chi connectivity index (χ4n) is 4.52. The Morgan fingerprint density at radius 3 is 2.29 bits per heavy atom. The second kappa shape index (κ2) is 13.6. The van der Waals surface area contributed by atoms with E-state index in [1.165, 1.54) is 17.8 Å². The predicted molar refractivity (Wildman–Crippen MR) is 157 cm³/mol. The highest BCUT2D eigenvalue weighted by Crippen LogP contribution is 2.39. The fraction of sp³-hybridized carbons (Fsp3) is 0.226. The van der Waals surface area contributed by atoms with E-state index in [1.807, 2.05) is 48.5 Å². The molecule has 1 fully saturated rings. The molecule has 1 aliphatic heterocycles. The van der Waals surface area contributed by atoms with E-state index in [-0.39, 0.29) is 35.8 Å². The maximum absolute atomic E-state index is 12.6. The molecule has 3 N–H and O–H groups in total. The van der Waals surface area contributed by atoms with Crippen LogP contribution in [0.5, 0.6) is 0 Å². The van der Waals surface area contributed by atoms with E-state index in [2.05, 4.69) is 9.71 Å². The number of carboxylic acid groups (broad SMARTS) is 1. The molecular formula is C31H30N2O7S2. The summed E-state index contributed by atoms with van der Waals surface area (Å²) in [7, 11) is -3.64. The summed E-state index contributed by atoms with van der Waals surface area (Å²) in [6, 6.07) is 26.2. The van der Waals surface area contributed by atoms with E-state index in [4.69, 9.17) is 9.47 Å². The van der Waals surface area contributed by atoms with Crippen molar-refractivity contribution < 1.29 is 32.9 Å². The van der Waals surface area contributed by atoms with Gasteiger partial charge >= 0.3 is 5.97 Å². The van der Waals surface area contributed by atoms with Crippen LogP contribution in [0.4, 0.5) is 0 Å². The zero-order chi connectivity index (χ0) is 29.5. The van der Waals surface area contributed by atoms with Gasteiger partial charge in [-0.25, -0.2) is 22.9 Å². The van der Waals surface area contributed by atoms with Crippen LogP contribution >= 0.6 is 11.8 Å². The Morgan fingerprint density at radius 1 is 0.905 bits per heavy atom. The lowest BCUT2D eigenvalue weighted by molar-refractivity contribution is -0.245. The minimum Gasteiger partial charge on any atom is -0.478 e. The van der Waals surface area contributed by atoms with Crippen molar-refractivity contribution in [3.63, 3.8) is 0 Å². The van der Waals surface area contributed by atoms with Crippen LogP contribution in [0.15, 0.2) is 107 Å². The van der Waals surface area contributed by atoms with Gasteiger partial charge in [-0.15, -0.1) is 11.8 Å². The van der Waals surface area contributed by atoms with Crippen LogP contribution in [0.2, 0.25) is 0 Å². The molecule has 4 aromatic rings. The van der Waals surface area contributed by atoms with E-state index < -0.39 is 22.3 Å². The van der Waals surface area contributed by atoms with Crippen LogP contribution in [0.25, 0.3) is 0 Å². The first kappa shape index (κ1) is 29.9. The van der Waals surface area contributed by atoms with Crippen molar-refractivity contribution in [1.29, 1.82) is 0 Å². The molecule has 0 amide bonds. The molecule has 0 saturated carbocycles. The maximum atomic E-state index is 12.6. The summed E-state index contributed by atoms with van der Waals surface area (Å²) in [5, 5.41) is 19.4. The number of carboxylic acids is 1. The van der Waals surface area contributed by atoms with Gasteiger partial charge in [0.05, 0.1) is 29.3 Å². The van der Waals surface area contributed by atoms with Crippen LogP contribution in [0.3, 0.4) is 0 Å². The average molecular weight is 607 g/mol. The molecule has 0 spiro atoms. The number of hydrogen-bond donors (Lipinski definition) is 3. The molecule has 2 heterocycles. The number of benzene rings is 3. The topological polar surface area (TPSA) is 135 Å². The lowest BCUT2D eigenvalue weighted by Gasteiger charge is -2.36. The van der Waals surface area contributed by atoms with Crippen LogP contribution in [-0.4, -0.2) is 41.4 Å². The SMILES string of the molecule is O=C(O)c1cccnc1SC[C@H]1C[C@@H](c2ccc(CO)cc2)O[C@@H](c2ccc(CNS(=O)(=O)c3ccccc3)cc2)O1. The molecule has 1 saturated heterocycles. The van der Waals surface area contributed by atoms with Gasteiger partial charge in [-0.2, -0.15) is 0 Å². The molecule has 3 atom stereocenters. The smallest absolute Gasteiger partial charge is 0.338 e. The number of hydrogen-bond acceptors (Lipinski definition) is 8. The number of rotatable bonds is 11. The van der Waals surface area contributed by atoms with E-state index in [0.29, 0.717) is 17.2 Å². The predicted octanol–water partition coefficient (Wildman–Crippen LogP) is 5.09. The highest BCUT2D eigenvalue weighted by Gasteiger charge is 2.32. The Balaban J connectivity index is 1.31. The first-order valence-corrected chi connectivity index (χ1v) is 15.7. The zero-order valence-corrected chi connectivity index (χ0v) is 24.1. The maximum Gasteiger partial charge on any atom is 0.338 e. The summed E-state index contributed by atoms with van der Waals surface area (Å²) in [6.45, 7) is 0.0691. The van der Waals surface area contributed by atoms with E-state index in [1.54, 1.807) is 42.6 Å². The summed E-state index contributed by atoms with van der Waals surface area (Å²) in [6.07, 6.45) is 0.815. The first-order valence-electron chi connectivity index (χ1n) is 13.3. The van der Waals surface area contributed by atoms with Crippen molar-refractivity contribution in [2.75, 3.05) is 5.75 Å². The Bertz CT molecular complexity index is 1600. The molecule has 0 bridgehead atoms. The molecule has 42 heavy (non-hydrogen) atoms. The minimum atomic E-state index is -3.64. The highest BCUT2D eigenvalue weighted by molar-refractivity contribution is 7.99. The number of aromatic nitrogens is 1. The normalized spacial score (nSPS) is 18.9. The van der Waals surface area contributed by atoms with Crippen molar-refractivity contribution in [2.45, 2.75) is 48.0 Å². The molecule has 3 aromatic carbocycles. The van der Waals surface area contributed by atoms with Gasteiger partial charge in [-0.1, -0.05) is 66.7 Å². The summed E-state index contributed by atoms with van der Waals surface area (Å²) in [5.41, 5.74) is 3.41. The largest absolute Gasteiger partial charge is 0.478 e. The lowest BCUT2D eigenvalue weighted by atomic mass is 10.0. The number of pyridine rings is 1. The molecule has 9 nitrogen and oxygen atoms in total. The van der Waals surface area contributed by atoms with Gasteiger partial charge in [0.15, 0.2) is 6.29 Å². The number of aromatic carboxylic acids is 1. The van der Waals surface area contributed by atoms with Gasteiger partial charge in [0, 0.05) is 30.5 Å². The third kappa shape index (κ3) is 7.43. The van der Waals surface area contributed by atoms with Crippen LogP contribution in [-0.2, 0) is 32.6 Å². The number of thioether (sulfide) groups is 1. The molecule has 0 radical (unpaired) electrons. The molecule has 11 heteroatoms. The van der Waals surface area contributed by atoms with Crippen molar-refractivity contribution in [3.8, 4) is 0 Å². The van der Waals surface area contributed by atoms with Crippen molar-refractivity contribution in [3.05, 3.63) is 125 Å². The van der Waals surface area contributed by atoms with E-state index in [9.17, 15) is 23.4 Å². The van der Waals surface area contributed by atoms with Gasteiger partial charge < -0.3 is 19.7 Å². The van der Waals surface area contributed by atoms with Gasteiger partial charge in [-0.3, -0.25) is 0 Å². The number of aliphatic hydroxyl groups is 1. The van der Waals surface area contributed by atoms with Gasteiger partial charge in [-0.05, 0) is 41.0 Å². The Kier molecular flexibility index (Phi) is 9.68. The minimum absolute atomic E-state index is 0.0549. The molecule has 5 rings (SSSR count). The van der Waals surface area contributed by atoms with E-state index in [0.717, 1.165) is 22.3 Å². The second-order valence-corrected chi connectivity index (χ2v) is 12.5. The number of nitrogens with one attached hydrogen (secondary N) is 1. The van der Waals surface area contributed by atoms with Gasteiger partial charge in [0.2, 0.25) is 10.0 Å². The Hall–Kier alpha value is -3.58. The van der Waals surface area contributed by atoms with Gasteiger partial charge in [0.25, 0.3) is 0 Å². The van der Waals surface area contributed by atoms with Crippen LogP contribution in [0, 0.1) is 0 Å². The summed E-state index contributed by atoms with van der Waals surface area (Å²) in [5.74, 6) is -0.578. The molecule has 1 aliphatic rings. The number of ether oxygens (including phenoxy) is 2. The quantitative estimate of drug-likeness (QED) is 0.200. The third-order valence-corrected chi connectivity index (χ3v) is 9.35. The number of nitrogens with zero attached hydrogens (tertiary/aromatic N) is 1. The highest BCUT2D eigenvalue weighted by atomic mass is 32.2. The first-order chi connectivity index (χ1) is 20.3. The summed E-state index contributed by atoms with van der Waals surface area (Å²) >= 11 is 1.32. The fourth-order valence-corrected chi connectivity index (χ4v) is 6.56. The van der Waals surface area contributed by atoms with Crippen LogP contribution < -0.4 is 4.72 Å². The number of aliphatic hydroxyl groups excluding tert-OH is 1. The lowest BCUT2D eigenvalue weighted by Crippen LogP contribution is -2.31. The molecule has 0 aliphatic carbocycles. The second-order valence-electron chi connectivity index (χ2n) is 9.70.